The average molecular weight is 677 g/mol. The van der Waals surface area contributed by atoms with Crippen LogP contribution in [0.25, 0.3) is 45.3 Å². The van der Waals surface area contributed by atoms with Crippen molar-refractivity contribution in [1.82, 2.24) is 9.13 Å². The maximum Gasteiger partial charge on any atom is 0.0537 e. The van der Waals surface area contributed by atoms with Crippen molar-refractivity contribution in [2.45, 2.75) is 52.4 Å². The molecule has 0 aliphatic carbocycles. The summed E-state index contributed by atoms with van der Waals surface area (Å²) in [6.07, 6.45) is 12.0. The van der Waals surface area contributed by atoms with Crippen LogP contribution in [0.2, 0.25) is 0 Å². The Bertz CT molecular complexity index is 2300. The largest absolute Gasteiger partial charge is 0.310 e. The van der Waals surface area contributed by atoms with Crippen LogP contribution in [0.4, 0.5) is 0 Å². The number of benzene rings is 5. The predicted octanol–water partition coefficient (Wildman–Crippen LogP) is 13.2. The van der Waals surface area contributed by atoms with E-state index in [4.69, 9.17) is 0 Å². The van der Waals surface area contributed by atoms with Crippen molar-refractivity contribution in [2.75, 3.05) is 0 Å². The smallest absolute Gasteiger partial charge is 0.0537 e. The Balaban J connectivity index is 1.16. The number of fused-ring (bicyclic) bond motifs is 2. The molecule has 2 heteroatoms. The molecule has 2 heterocycles. The zero-order valence-electron chi connectivity index (χ0n) is 31.3. The molecule has 0 N–H and O–H groups in total. The molecule has 0 fully saturated rings. The number of aromatic nitrogens is 2. The molecule has 0 saturated heterocycles. The lowest BCUT2D eigenvalue weighted by Gasteiger charge is -2.30. The van der Waals surface area contributed by atoms with Gasteiger partial charge in [0.25, 0.3) is 0 Å². The van der Waals surface area contributed by atoms with Crippen molar-refractivity contribution >= 4 is 34.0 Å². The minimum atomic E-state index is -0.168. The molecule has 0 bridgehead atoms. The Morgan fingerprint density at radius 1 is 0.442 bits per heavy atom. The van der Waals surface area contributed by atoms with Crippen LogP contribution in [0.1, 0.15) is 72.5 Å². The van der Waals surface area contributed by atoms with Crippen LogP contribution >= 0.6 is 0 Å². The van der Waals surface area contributed by atoms with Crippen molar-refractivity contribution in [3.63, 3.8) is 0 Å². The monoisotopic (exact) mass is 676 g/mol. The van der Waals surface area contributed by atoms with Gasteiger partial charge in [0.15, 0.2) is 0 Å². The molecule has 0 aliphatic heterocycles. The van der Waals surface area contributed by atoms with Crippen molar-refractivity contribution < 1.29 is 0 Å². The molecule has 5 aromatic carbocycles. The summed E-state index contributed by atoms with van der Waals surface area (Å²) in [5.74, 6) is 0. The molecule has 0 saturated carbocycles. The molecule has 2 nitrogen and oxygen atoms in total. The molecule has 52 heavy (non-hydrogen) atoms. The normalized spacial score (nSPS) is 12.4. The molecule has 7 rings (SSSR count). The number of nitrogens with zero attached hydrogens (tertiary/aromatic N) is 2. The van der Waals surface area contributed by atoms with E-state index >= 15 is 0 Å². The van der Waals surface area contributed by atoms with Crippen LogP contribution in [-0.2, 0) is 10.8 Å². The SMILES string of the molecule is C=C/C=C\c1c(C)c2ccccc2n1-c1ccc(C(C)(C)c2ccc(C(C)(C)c3ccc(-n4c(/C=C\C=C)c(C)c5ccccc54)cc3)cc2)cc1. The highest BCUT2D eigenvalue weighted by Crippen LogP contribution is 2.38. The van der Waals surface area contributed by atoms with E-state index in [2.05, 4.69) is 197 Å². The third-order valence-electron chi connectivity index (χ3n) is 11.2. The van der Waals surface area contributed by atoms with E-state index in [1.54, 1.807) is 0 Å². The van der Waals surface area contributed by atoms with Gasteiger partial charge in [0, 0.05) is 44.4 Å². The Kier molecular flexibility index (Phi) is 9.11. The van der Waals surface area contributed by atoms with E-state index in [9.17, 15) is 0 Å². The fourth-order valence-electron chi connectivity index (χ4n) is 7.81. The van der Waals surface area contributed by atoms with Gasteiger partial charge >= 0.3 is 0 Å². The van der Waals surface area contributed by atoms with E-state index in [0.717, 1.165) is 11.4 Å². The fourth-order valence-corrected chi connectivity index (χ4v) is 7.81. The second kappa shape index (κ2) is 13.7. The third-order valence-corrected chi connectivity index (χ3v) is 11.2. The third kappa shape index (κ3) is 5.89. The number of rotatable bonds is 10. The highest BCUT2D eigenvalue weighted by Gasteiger charge is 2.27. The first-order chi connectivity index (χ1) is 25.1. The lowest BCUT2D eigenvalue weighted by molar-refractivity contribution is 0.626. The molecular weight excluding hydrogens is 629 g/mol. The van der Waals surface area contributed by atoms with Crippen molar-refractivity contribution in [3.8, 4) is 11.4 Å². The summed E-state index contributed by atoms with van der Waals surface area (Å²) in [5, 5.41) is 2.54. The molecule has 0 spiro atoms. The van der Waals surface area contributed by atoms with Crippen LogP contribution in [0.3, 0.4) is 0 Å². The average Bonchev–Trinajstić information content (AvgIpc) is 3.62. The summed E-state index contributed by atoms with van der Waals surface area (Å²) in [7, 11) is 0. The predicted molar refractivity (Wildman–Crippen MR) is 225 cm³/mol. The van der Waals surface area contributed by atoms with Gasteiger partial charge in [-0.3, -0.25) is 0 Å². The van der Waals surface area contributed by atoms with E-state index in [-0.39, 0.29) is 10.8 Å². The number of hydrogen-bond donors (Lipinski definition) is 0. The van der Waals surface area contributed by atoms with Gasteiger partial charge in [-0.1, -0.05) is 150 Å². The van der Waals surface area contributed by atoms with E-state index < -0.39 is 0 Å². The first kappa shape index (κ1) is 34.6. The van der Waals surface area contributed by atoms with Gasteiger partial charge in [0.05, 0.1) is 11.0 Å². The van der Waals surface area contributed by atoms with Gasteiger partial charge in [0.2, 0.25) is 0 Å². The highest BCUT2D eigenvalue weighted by atomic mass is 15.0. The Labute approximate surface area is 309 Å². The molecule has 258 valence electrons. The summed E-state index contributed by atoms with van der Waals surface area (Å²) in [6, 6.07) is 44.7. The van der Waals surface area contributed by atoms with Gasteiger partial charge < -0.3 is 9.13 Å². The standard InChI is InChI=1S/C50H48N2/c1-9-11-19-45-35(3)43-17-13-15-21-47(43)51(45)41-31-27-39(28-32-41)49(5,6)37-23-25-38(26-24-37)50(7,8)40-29-33-42(34-30-40)52-46(20-12-10-2)36(4)44-18-14-16-22-48(44)52/h9-34H,1-2H2,3-8H3/b19-11-,20-12-. The van der Waals surface area contributed by atoms with Crippen molar-refractivity contribution in [3.05, 3.63) is 204 Å². The zero-order chi connectivity index (χ0) is 36.6. The number of allylic oxidation sites excluding steroid dienone is 4. The van der Waals surface area contributed by atoms with Gasteiger partial charge in [-0.15, -0.1) is 0 Å². The Hall–Kier alpha value is -5.86. The van der Waals surface area contributed by atoms with Crippen molar-refractivity contribution in [1.29, 1.82) is 0 Å². The Morgan fingerprint density at radius 3 is 1.08 bits per heavy atom. The van der Waals surface area contributed by atoms with Crippen LogP contribution in [0.15, 0.2) is 159 Å². The lowest BCUT2D eigenvalue weighted by atomic mass is 9.74. The molecule has 0 atom stereocenters. The van der Waals surface area contributed by atoms with E-state index in [1.807, 2.05) is 24.3 Å². The molecule has 0 unspecified atom stereocenters. The summed E-state index contributed by atoms with van der Waals surface area (Å²) >= 11 is 0. The first-order valence-electron chi connectivity index (χ1n) is 18.2. The van der Waals surface area contributed by atoms with E-state index in [0.29, 0.717) is 0 Å². The topological polar surface area (TPSA) is 9.86 Å². The summed E-state index contributed by atoms with van der Waals surface area (Å²) in [4.78, 5) is 0. The number of para-hydroxylation sites is 2. The van der Waals surface area contributed by atoms with Crippen LogP contribution < -0.4 is 0 Å². The number of aryl methyl sites for hydroxylation is 2. The maximum atomic E-state index is 3.89. The molecule has 0 radical (unpaired) electrons. The van der Waals surface area contributed by atoms with Gasteiger partial charge in [-0.25, -0.2) is 0 Å². The Morgan fingerprint density at radius 2 is 0.750 bits per heavy atom. The summed E-state index contributed by atoms with van der Waals surface area (Å²) in [5.41, 5.74) is 14.4. The fraction of sp³-hybridized carbons (Fsp3) is 0.160. The summed E-state index contributed by atoms with van der Waals surface area (Å²) in [6.45, 7) is 21.5. The lowest BCUT2D eigenvalue weighted by Crippen LogP contribution is -2.21. The maximum absolute atomic E-state index is 3.89. The molecule has 0 aliphatic rings. The minimum Gasteiger partial charge on any atom is -0.310 e. The molecule has 2 aromatic heterocycles. The quantitative estimate of drug-likeness (QED) is 0.128. The second-order valence-electron chi connectivity index (χ2n) is 14.8. The molecular formula is C50H48N2. The minimum absolute atomic E-state index is 0.168. The molecule has 7 aromatic rings. The van der Waals surface area contributed by atoms with Gasteiger partial charge in [-0.05, 0) is 95.8 Å². The van der Waals surface area contributed by atoms with E-state index in [1.165, 1.54) is 66.6 Å². The van der Waals surface area contributed by atoms with Crippen LogP contribution in [0, 0.1) is 13.8 Å². The van der Waals surface area contributed by atoms with Crippen molar-refractivity contribution in [2.24, 2.45) is 0 Å². The molecule has 0 amide bonds. The first-order valence-corrected chi connectivity index (χ1v) is 18.2. The van der Waals surface area contributed by atoms with Gasteiger partial charge in [-0.2, -0.15) is 0 Å². The second-order valence-corrected chi connectivity index (χ2v) is 14.8. The zero-order valence-corrected chi connectivity index (χ0v) is 31.3. The van der Waals surface area contributed by atoms with Crippen LogP contribution in [0.5, 0.6) is 0 Å². The summed E-state index contributed by atoms with van der Waals surface area (Å²) < 4.78 is 4.71. The van der Waals surface area contributed by atoms with Crippen LogP contribution in [-0.4, -0.2) is 9.13 Å². The highest BCUT2D eigenvalue weighted by molar-refractivity contribution is 5.91. The number of hydrogen-bond acceptors (Lipinski definition) is 0. The van der Waals surface area contributed by atoms with Gasteiger partial charge in [0.1, 0.15) is 0 Å².